The van der Waals surface area contributed by atoms with Gasteiger partial charge in [0.1, 0.15) is 6.29 Å². The van der Waals surface area contributed by atoms with Crippen LogP contribution in [0.2, 0.25) is 0 Å². The van der Waals surface area contributed by atoms with Crippen LogP contribution < -0.4 is 0 Å². The van der Waals surface area contributed by atoms with Crippen LogP contribution in [0.25, 0.3) is 0 Å². The number of carbonyl (C=O) groups excluding carboxylic acids is 1. The molecule has 0 amide bonds. The predicted octanol–water partition coefficient (Wildman–Crippen LogP) is 0.668. The fourth-order valence-electron chi connectivity index (χ4n) is 0.910. The molecule has 1 aliphatic rings. The molecule has 1 atom stereocenters. The van der Waals surface area contributed by atoms with Gasteiger partial charge < -0.3 is 4.79 Å². The SMILES string of the molecule is CC(C=O)N(C)C1CC1. The maximum absolute atomic E-state index is 10.2. The molecule has 1 aliphatic carbocycles. The van der Waals surface area contributed by atoms with Gasteiger partial charge in [-0.3, -0.25) is 4.90 Å². The number of rotatable bonds is 3. The Labute approximate surface area is 55.8 Å². The quantitative estimate of drug-likeness (QED) is 0.519. The summed E-state index contributed by atoms with van der Waals surface area (Å²) in [6.07, 6.45) is 3.54. The van der Waals surface area contributed by atoms with Crippen molar-refractivity contribution in [3.05, 3.63) is 0 Å². The largest absolute Gasteiger partial charge is 0.302 e. The second kappa shape index (κ2) is 2.48. The van der Waals surface area contributed by atoms with Crippen LogP contribution in [0.1, 0.15) is 19.8 Å². The second-order valence-corrected chi connectivity index (χ2v) is 2.77. The van der Waals surface area contributed by atoms with Crippen LogP contribution in [-0.4, -0.2) is 30.3 Å². The van der Waals surface area contributed by atoms with E-state index < -0.39 is 0 Å². The minimum Gasteiger partial charge on any atom is -0.302 e. The molecule has 0 heterocycles. The van der Waals surface area contributed by atoms with Crippen LogP contribution in [0.3, 0.4) is 0 Å². The lowest BCUT2D eigenvalue weighted by molar-refractivity contribution is -0.111. The van der Waals surface area contributed by atoms with E-state index in [2.05, 4.69) is 4.90 Å². The highest BCUT2D eigenvalue weighted by Gasteiger charge is 2.28. The van der Waals surface area contributed by atoms with E-state index in [1.54, 1.807) is 0 Å². The number of carbonyl (C=O) groups is 1. The third-order valence-corrected chi connectivity index (χ3v) is 1.96. The van der Waals surface area contributed by atoms with Gasteiger partial charge in [0.25, 0.3) is 0 Å². The van der Waals surface area contributed by atoms with Gasteiger partial charge in [0.15, 0.2) is 0 Å². The molecular formula is C7H13NO. The molecule has 52 valence electrons. The van der Waals surface area contributed by atoms with Gasteiger partial charge in [0.05, 0.1) is 6.04 Å². The van der Waals surface area contributed by atoms with Gasteiger partial charge in [0.2, 0.25) is 0 Å². The molecule has 1 unspecified atom stereocenters. The lowest BCUT2D eigenvalue weighted by atomic mass is 10.3. The molecule has 2 nitrogen and oxygen atoms in total. The zero-order valence-corrected chi connectivity index (χ0v) is 6.00. The minimum atomic E-state index is 0.109. The first-order chi connectivity index (χ1) is 4.25. The highest BCUT2D eigenvalue weighted by Crippen LogP contribution is 2.26. The Hall–Kier alpha value is -0.370. The van der Waals surface area contributed by atoms with Crippen molar-refractivity contribution in [3.63, 3.8) is 0 Å². The molecule has 0 saturated heterocycles. The van der Waals surface area contributed by atoms with E-state index in [0.29, 0.717) is 6.04 Å². The van der Waals surface area contributed by atoms with E-state index in [9.17, 15) is 4.79 Å². The summed E-state index contributed by atoms with van der Waals surface area (Å²) < 4.78 is 0. The maximum atomic E-state index is 10.2. The maximum Gasteiger partial charge on any atom is 0.136 e. The van der Waals surface area contributed by atoms with Crippen LogP contribution >= 0.6 is 0 Å². The minimum absolute atomic E-state index is 0.109. The summed E-state index contributed by atoms with van der Waals surface area (Å²) in [6.45, 7) is 1.94. The van der Waals surface area contributed by atoms with Gasteiger partial charge >= 0.3 is 0 Å². The van der Waals surface area contributed by atoms with Crippen molar-refractivity contribution in [3.8, 4) is 0 Å². The Morgan fingerprint density at radius 3 is 2.56 bits per heavy atom. The molecule has 0 spiro atoms. The van der Waals surface area contributed by atoms with Crippen molar-refractivity contribution in [1.82, 2.24) is 4.90 Å². The van der Waals surface area contributed by atoms with Gasteiger partial charge in [-0.05, 0) is 26.8 Å². The molecule has 0 N–H and O–H groups in total. The summed E-state index contributed by atoms with van der Waals surface area (Å²) in [4.78, 5) is 12.4. The van der Waals surface area contributed by atoms with Crippen LogP contribution in [0, 0.1) is 0 Å². The van der Waals surface area contributed by atoms with E-state index in [1.807, 2.05) is 14.0 Å². The molecule has 2 heteroatoms. The zero-order valence-electron chi connectivity index (χ0n) is 6.00. The number of hydrogen-bond acceptors (Lipinski definition) is 2. The van der Waals surface area contributed by atoms with Gasteiger partial charge in [0, 0.05) is 6.04 Å². The molecule has 0 bridgehead atoms. The number of hydrogen-bond donors (Lipinski definition) is 0. The Balaban J connectivity index is 2.30. The lowest BCUT2D eigenvalue weighted by Gasteiger charge is -2.18. The summed E-state index contributed by atoms with van der Waals surface area (Å²) in [6, 6.07) is 0.808. The van der Waals surface area contributed by atoms with Crippen LogP contribution in [0.4, 0.5) is 0 Å². The number of likely N-dealkylation sites (N-methyl/N-ethyl adjacent to an activating group) is 1. The zero-order chi connectivity index (χ0) is 6.85. The molecule has 0 aromatic rings. The molecule has 0 radical (unpaired) electrons. The standard InChI is InChI=1S/C7H13NO/c1-6(5-9)8(2)7-3-4-7/h5-7H,3-4H2,1-2H3. The van der Waals surface area contributed by atoms with Crippen molar-refractivity contribution >= 4 is 6.29 Å². The van der Waals surface area contributed by atoms with Crippen LogP contribution in [0.5, 0.6) is 0 Å². The van der Waals surface area contributed by atoms with E-state index in [1.165, 1.54) is 12.8 Å². The first kappa shape index (κ1) is 6.75. The van der Waals surface area contributed by atoms with Gasteiger partial charge in [-0.1, -0.05) is 0 Å². The average molecular weight is 127 g/mol. The predicted molar refractivity (Wildman–Crippen MR) is 36.3 cm³/mol. The van der Waals surface area contributed by atoms with Crippen LogP contribution in [0.15, 0.2) is 0 Å². The number of aldehydes is 1. The molecule has 1 saturated carbocycles. The third kappa shape index (κ3) is 1.52. The van der Waals surface area contributed by atoms with Crippen molar-refractivity contribution in [2.45, 2.75) is 31.8 Å². The Morgan fingerprint density at radius 1 is 1.67 bits per heavy atom. The molecule has 0 aromatic heterocycles. The fourth-order valence-corrected chi connectivity index (χ4v) is 0.910. The molecule has 1 rings (SSSR count). The summed E-state index contributed by atoms with van der Waals surface area (Å²) in [5.74, 6) is 0. The first-order valence-corrected chi connectivity index (χ1v) is 3.43. The molecule has 1 fully saturated rings. The first-order valence-electron chi connectivity index (χ1n) is 3.43. The summed E-state index contributed by atoms with van der Waals surface area (Å²) in [7, 11) is 2.01. The monoisotopic (exact) mass is 127 g/mol. The van der Waals surface area contributed by atoms with Crippen molar-refractivity contribution < 1.29 is 4.79 Å². The lowest BCUT2D eigenvalue weighted by Crippen LogP contribution is -2.31. The normalized spacial score (nSPS) is 22.1. The van der Waals surface area contributed by atoms with Gasteiger partial charge in [-0.2, -0.15) is 0 Å². The van der Waals surface area contributed by atoms with Crippen molar-refractivity contribution in [2.75, 3.05) is 7.05 Å². The molecule has 9 heavy (non-hydrogen) atoms. The molecule has 0 aromatic carbocycles. The summed E-state index contributed by atoms with van der Waals surface area (Å²) in [5.41, 5.74) is 0. The Morgan fingerprint density at radius 2 is 2.22 bits per heavy atom. The van der Waals surface area contributed by atoms with E-state index in [4.69, 9.17) is 0 Å². The van der Waals surface area contributed by atoms with Crippen molar-refractivity contribution in [1.29, 1.82) is 0 Å². The number of nitrogens with zero attached hydrogens (tertiary/aromatic N) is 1. The third-order valence-electron chi connectivity index (χ3n) is 1.96. The highest BCUT2D eigenvalue weighted by atomic mass is 16.1. The smallest absolute Gasteiger partial charge is 0.136 e. The summed E-state index contributed by atoms with van der Waals surface area (Å²) in [5, 5.41) is 0. The molecule has 0 aliphatic heterocycles. The van der Waals surface area contributed by atoms with Crippen molar-refractivity contribution in [2.24, 2.45) is 0 Å². The van der Waals surface area contributed by atoms with E-state index in [0.717, 1.165) is 6.29 Å². The van der Waals surface area contributed by atoms with Gasteiger partial charge in [-0.25, -0.2) is 0 Å². The highest BCUT2D eigenvalue weighted by molar-refractivity contribution is 5.56. The topological polar surface area (TPSA) is 20.3 Å². The fraction of sp³-hybridized carbons (Fsp3) is 0.857. The average Bonchev–Trinajstić information content (AvgIpc) is 2.66. The van der Waals surface area contributed by atoms with Gasteiger partial charge in [-0.15, -0.1) is 0 Å². The van der Waals surface area contributed by atoms with E-state index in [-0.39, 0.29) is 6.04 Å². The molecular weight excluding hydrogens is 114 g/mol. The second-order valence-electron chi connectivity index (χ2n) is 2.77. The summed E-state index contributed by atoms with van der Waals surface area (Å²) >= 11 is 0. The van der Waals surface area contributed by atoms with E-state index >= 15 is 0 Å². The van der Waals surface area contributed by atoms with Crippen LogP contribution in [-0.2, 0) is 4.79 Å². The Kier molecular flexibility index (Phi) is 1.86. The Bertz CT molecular complexity index is 109.